The number of rotatable bonds is 8. The van der Waals surface area contributed by atoms with Crippen LogP contribution in [0.3, 0.4) is 0 Å². The van der Waals surface area contributed by atoms with Gasteiger partial charge < -0.3 is 0 Å². The zero-order valence-electron chi connectivity index (χ0n) is 27.1. The van der Waals surface area contributed by atoms with Crippen molar-refractivity contribution in [1.29, 1.82) is 0 Å². The van der Waals surface area contributed by atoms with Gasteiger partial charge >= 0.3 is 0 Å². The summed E-state index contributed by atoms with van der Waals surface area (Å²) in [6.45, 7) is 0.144. The van der Waals surface area contributed by atoms with E-state index in [9.17, 15) is 4.89 Å². The van der Waals surface area contributed by atoms with Crippen molar-refractivity contribution < 1.29 is 4.89 Å². The Bertz CT molecular complexity index is 2390. The van der Waals surface area contributed by atoms with Crippen molar-refractivity contribution in [2.24, 2.45) is 0 Å². The van der Waals surface area contributed by atoms with Gasteiger partial charge in [-0.2, -0.15) is 0 Å². The quantitative estimate of drug-likeness (QED) is 0.101. The molecule has 8 rings (SSSR count). The molecule has 0 radical (unpaired) electrons. The molecule has 8 aromatic carbocycles. The average molecular weight is 646 g/mol. The molecule has 232 valence electrons. The zero-order chi connectivity index (χ0) is 33.0. The fraction of sp³-hybridized carbons (Fsp3) is 0. The van der Waals surface area contributed by atoms with E-state index in [-0.39, 0.29) is 6.71 Å². The van der Waals surface area contributed by atoms with Crippen molar-refractivity contribution in [1.82, 2.24) is 0 Å². The Morgan fingerprint density at radius 2 is 0.776 bits per heavy atom. The van der Waals surface area contributed by atoms with Gasteiger partial charge in [-0.15, -0.1) is 0 Å². The molecule has 1 atom stereocenters. The molecule has 3 heteroatoms. The third-order valence-electron chi connectivity index (χ3n) is 9.48. The Morgan fingerprint density at radius 1 is 0.347 bits per heavy atom. The van der Waals surface area contributed by atoms with E-state index >= 15 is 0 Å². The Labute approximate surface area is 289 Å². The molecule has 0 fully saturated rings. The maximum atomic E-state index is 12.6. The van der Waals surface area contributed by atoms with E-state index in [4.69, 9.17) is 0 Å². The fourth-order valence-corrected chi connectivity index (χ4v) is 9.57. The largest absolute Gasteiger partial charge is 0.241 e. The Balaban J connectivity index is 1.07. The fourth-order valence-electron chi connectivity index (χ4n) is 6.87. The first-order valence-electron chi connectivity index (χ1n) is 16.7. The van der Waals surface area contributed by atoms with Crippen LogP contribution in [0.1, 0.15) is 11.1 Å². The second kappa shape index (κ2) is 13.5. The van der Waals surface area contributed by atoms with Gasteiger partial charge in [0.05, 0.1) is 0 Å². The number of hydrogen-bond acceptors (Lipinski definition) is 1. The molecule has 0 saturated carbocycles. The van der Waals surface area contributed by atoms with Gasteiger partial charge in [0.15, 0.2) is 0 Å². The van der Waals surface area contributed by atoms with Crippen LogP contribution in [0.2, 0.25) is 0 Å². The predicted octanol–water partition coefficient (Wildman–Crippen LogP) is 7.88. The van der Waals surface area contributed by atoms with Crippen LogP contribution in [0.25, 0.3) is 33.7 Å². The highest BCUT2D eigenvalue weighted by molar-refractivity contribution is 7.91. The minimum absolute atomic E-state index is 0.144. The molecule has 0 saturated heterocycles. The summed E-state index contributed by atoms with van der Waals surface area (Å²) in [6.07, 6.45) is 4.31. The Morgan fingerprint density at radius 3 is 1.41 bits per heavy atom. The summed E-state index contributed by atoms with van der Waals surface area (Å²) in [5, 5.41) is 7.66. The summed E-state index contributed by atoms with van der Waals surface area (Å²) < 4.78 is 0. The van der Waals surface area contributed by atoms with E-state index in [0.717, 1.165) is 32.4 Å². The third-order valence-corrected chi connectivity index (χ3v) is 12.6. The minimum Gasteiger partial charge on any atom is -0.235 e. The molecule has 1 nitrogen and oxygen atoms in total. The van der Waals surface area contributed by atoms with Crippen LogP contribution in [-0.2, 0) is 0 Å². The Hall–Kier alpha value is -5.53. The van der Waals surface area contributed by atoms with Crippen molar-refractivity contribution in [3.05, 3.63) is 205 Å². The first-order valence-corrected chi connectivity index (χ1v) is 18.5. The lowest BCUT2D eigenvalue weighted by Gasteiger charge is -2.20. The van der Waals surface area contributed by atoms with Crippen molar-refractivity contribution in [2.45, 2.75) is 0 Å². The van der Waals surface area contributed by atoms with E-state index in [1.807, 2.05) is 36.4 Å². The summed E-state index contributed by atoms with van der Waals surface area (Å²) in [5.74, 6) is 0. The molecule has 0 aliphatic heterocycles. The van der Waals surface area contributed by atoms with Gasteiger partial charge in [0, 0.05) is 0 Å². The van der Waals surface area contributed by atoms with E-state index in [2.05, 4.69) is 170 Å². The number of fused-ring (bicyclic) bond motifs is 2. The molecule has 0 aliphatic carbocycles. The van der Waals surface area contributed by atoms with Crippen LogP contribution in [0, 0.1) is 0 Å². The Kier molecular flexibility index (Phi) is 8.50. The molecule has 0 bridgehead atoms. The monoisotopic (exact) mass is 645 g/mol. The second-order valence-corrected chi connectivity index (χ2v) is 15.4. The first-order chi connectivity index (χ1) is 24.1. The summed E-state index contributed by atoms with van der Waals surface area (Å²) in [4.78, 5) is 12.6. The maximum absolute atomic E-state index is 12.6. The summed E-state index contributed by atoms with van der Waals surface area (Å²) >= 11 is 0. The van der Waals surface area contributed by atoms with Crippen molar-refractivity contribution in [2.75, 3.05) is 0 Å². The van der Waals surface area contributed by atoms with Gasteiger partial charge in [0.25, 0.3) is 0 Å². The normalized spacial score (nSPS) is 12.7. The molecule has 1 unspecified atom stereocenters. The van der Waals surface area contributed by atoms with E-state index in [0.29, 0.717) is 0 Å². The highest BCUT2D eigenvalue weighted by Gasteiger charge is 2.44. The molecule has 8 aromatic rings. The van der Waals surface area contributed by atoms with E-state index in [1.54, 1.807) is 0 Å². The molecule has 49 heavy (non-hydrogen) atoms. The van der Waals surface area contributed by atoms with Gasteiger partial charge in [0.1, 0.15) is 15.9 Å². The second-order valence-electron chi connectivity index (χ2n) is 12.5. The molecule has 0 spiro atoms. The van der Waals surface area contributed by atoms with E-state index in [1.165, 1.54) is 32.5 Å². The number of benzene rings is 8. The summed E-state index contributed by atoms with van der Waals surface area (Å²) in [5.41, 5.74) is 6.06. The van der Waals surface area contributed by atoms with Gasteiger partial charge in [-0.1, -0.05) is 186 Å². The SMILES string of the molecule is O[P+](c1ccccc1)(c1ccc(C=Cc2ccc(B(c3ccccc3)c3ccc4ccccc4c3)cc2)cc1)c1ccc2ccccc2c1. The van der Waals surface area contributed by atoms with Gasteiger partial charge in [-0.25, -0.2) is 4.89 Å². The molecule has 0 aliphatic rings. The lowest BCUT2D eigenvalue weighted by Crippen LogP contribution is -2.51. The predicted molar refractivity (Wildman–Crippen MR) is 215 cm³/mol. The van der Waals surface area contributed by atoms with Crippen LogP contribution in [0.15, 0.2) is 194 Å². The van der Waals surface area contributed by atoms with Crippen LogP contribution in [-0.4, -0.2) is 11.6 Å². The molecular weight excluding hydrogens is 610 g/mol. The van der Waals surface area contributed by atoms with Crippen molar-refractivity contribution in [3.8, 4) is 0 Å². The minimum atomic E-state index is -2.83. The molecule has 1 N–H and O–H groups in total. The maximum Gasteiger partial charge on any atom is 0.241 e. The smallest absolute Gasteiger partial charge is 0.235 e. The lowest BCUT2D eigenvalue weighted by molar-refractivity contribution is 0.633. The third kappa shape index (κ3) is 6.25. The lowest BCUT2D eigenvalue weighted by atomic mass is 9.37. The van der Waals surface area contributed by atoms with Crippen LogP contribution < -0.4 is 32.3 Å². The number of hydrogen-bond donors (Lipinski definition) is 1. The molecule has 0 aromatic heterocycles. The highest BCUT2D eigenvalue weighted by atomic mass is 31.2. The van der Waals surface area contributed by atoms with E-state index < -0.39 is 7.49 Å². The van der Waals surface area contributed by atoms with Crippen molar-refractivity contribution in [3.63, 3.8) is 0 Å². The highest BCUT2D eigenvalue weighted by Crippen LogP contribution is 2.51. The summed E-state index contributed by atoms with van der Waals surface area (Å²) in [6, 6.07) is 68.2. The molecule has 0 amide bonds. The topological polar surface area (TPSA) is 20.2 Å². The standard InChI is InChI=1S/C46H35BOP/c48-49(44-17-5-2-6-18-44,46-32-26-38-12-8-10-14-40(38)34-46)45-30-23-36(24-31-45)20-19-35-21-27-42(28-22-35)47(41-15-3-1-4-16-41)43-29-25-37-11-7-9-13-39(37)33-43/h1-34,48H/q+1. The van der Waals surface area contributed by atoms with Crippen LogP contribution in [0.5, 0.6) is 0 Å². The summed E-state index contributed by atoms with van der Waals surface area (Å²) in [7, 11) is -2.83. The zero-order valence-corrected chi connectivity index (χ0v) is 28.0. The van der Waals surface area contributed by atoms with Crippen molar-refractivity contribution >= 4 is 80.2 Å². The van der Waals surface area contributed by atoms with Gasteiger partial charge in [-0.05, 0) is 69.1 Å². The van der Waals surface area contributed by atoms with Crippen LogP contribution >= 0.6 is 7.49 Å². The van der Waals surface area contributed by atoms with Gasteiger partial charge in [0.2, 0.25) is 14.2 Å². The van der Waals surface area contributed by atoms with Gasteiger partial charge in [-0.3, -0.25) is 0 Å². The molecule has 0 heterocycles. The van der Waals surface area contributed by atoms with Crippen LogP contribution in [0.4, 0.5) is 0 Å². The molecular formula is C46H35BOP+. The average Bonchev–Trinajstić information content (AvgIpc) is 3.18. The first kappa shape index (κ1) is 30.8.